The average molecular weight is 439 g/mol. The molecule has 33 heavy (non-hydrogen) atoms. The molecule has 1 fully saturated rings. The zero-order valence-corrected chi connectivity index (χ0v) is 19.0. The monoisotopic (exact) mass is 438 g/mol. The Morgan fingerprint density at radius 3 is 2.55 bits per heavy atom. The zero-order chi connectivity index (χ0) is 22.2. The van der Waals surface area contributed by atoms with E-state index < -0.39 is 6.17 Å². The maximum absolute atomic E-state index is 14.9. The lowest BCUT2D eigenvalue weighted by Crippen LogP contribution is -2.34. The maximum Gasteiger partial charge on any atom is 0.144 e. The van der Waals surface area contributed by atoms with Crippen molar-refractivity contribution in [3.8, 4) is 0 Å². The summed E-state index contributed by atoms with van der Waals surface area (Å²) < 4.78 is 14.9. The minimum atomic E-state index is -0.994. The number of halogens is 1. The molecule has 0 amide bonds. The van der Waals surface area contributed by atoms with E-state index in [0.717, 1.165) is 11.4 Å². The Morgan fingerprint density at radius 2 is 1.73 bits per heavy atom. The van der Waals surface area contributed by atoms with E-state index in [9.17, 15) is 4.39 Å². The normalized spacial score (nSPS) is 28.1. The van der Waals surface area contributed by atoms with E-state index in [4.69, 9.17) is 0 Å². The van der Waals surface area contributed by atoms with E-state index in [-0.39, 0.29) is 0 Å². The molecule has 4 unspecified atom stereocenters. The molecule has 0 spiro atoms. The molecule has 1 heterocycles. The number of alkyl halides is 1. The van der Waals surface area contributed by atoms with E-state index in [2.05, 4.69) is 58.8 Å². The molecule has 2 aromatic carbocycles. The first-order valence-electron chi connectivity index (χ1n) is 12.4. The lowest BCUT2D eigenvalue weighted by molar-refractivity contribution is 0.310. The third kappa shape index (κ3) is 3.84. The van der Waals surface area contributed by atoms with Crippen LogP contribution in [0, 0.1) is 5.92 Å². The summed E-state index contributed by atoms with van der Waals surface area (Å²) in [6.07, 6.45) is 15.9. The van der Waals surface area contributed by atoms with Crippen molar-refractivity contribution in [1.82, 2.24) is 5.32 Å². The van der Waals surface area contributed by atoms with Crippen LogP contribution in [0.1, 0.15) is 50.0 Å². The standard InChI is InChI=1S/C30H31FN2/c31-27-11-5-7-13-30(27)33(23-8-2-1-3-9-23)24-17-14-21(15-18-24)22-16-19-29-26(20-22)25-10-4-6-12-28(25)32-29/h1-5,7-10,13-15,17-18,22,26-27,29,32H,6,11-12,16,19-20H2. The molecule has 1 N–H and O–H groups in total. The molecule has 0 radical (unpaired) electrons. The van der Waals surface area contributed by atoms with Gasteiger partial charge in [-0.1, -0.05) is 54.6 Å². The third-order valence-electron chi connectivity index (χ3n) is 7.78. The number of nitrogens with zero attached hydrogens (tertiary/aromatic N) is 1. The number of rotatable bonds is 4. The first kappa shape index (κ1) is 20.5. The van der Waals surface area contributed by atoms with Gasteiger partial charge in [-0.25, -0.2) is 4.39 Å². The second-order valence-corrected chi connectivity index (χ2v) is 9.73. The van der Waals surface area contributed by atoms with Crippen LogP contribution in [0.15, 0.2) is 102 Å². The average Bonchev–Trinajstić information content (AvgIpc) is 3.24. The third-order valence-corrected chi connectivity index (χ3v) is 7.78. The molecule has 2 aromatic rings. The smallest absolute Gasteiger partial charge is 0.144 e. The summed E-state index contributed by atoms with van der Waals surface area (Å²) in [5, 5.41) is 3.82. The Morgan fingerprint density at radius 1 is 0.909 bits per heavy atom. The second-order valence-electron chi connectivity index (χ2n) is 9.73. The van der Waals surface area contributed by atoms with Crippen molar-refractivity contribution in [3.05, 3.63) is 108 Å². The van der Waals surface area contributed by atoms with Gasteiger partial charge < -0.3 is 10.2 Å². The van der Waals surface area contributed by atoms with Gasteiger partial charge in [0.05, 0.1) is 5.70 Å². The Labute approximate surface area is 196 Å². The SMILES string of the molecule is FC1CC=CC=C1N(c1ccccc1)c1ccc(C2CCC3NC4=C(C=CCC4)C3C2)cc1. The fourth-order valence-corrected chi connectivity index (χ4v) is 6.12. The Balaban J connectivity index is 1.27. The van der Waals surface area contributed by atoms with E-state index in [1.807, 2.05) is 36.4 Å². The van der Waals surface area contributed by atoms with Crippen LogP contribution in [-0.4, -0.2) is 12.2 Å². The highest BCUT2D eigenvalue weighted by Gasteiger charge is 2.38. The number of allylic oxidation sites excluding steroid dienone is 7. The van der Waals surface area contributed by atoms with Gasteiger partial charge in [0.2, 0.25) is 0 Å². The van der Waals surface area contributed by atoms with Crippen LogP contribution in [0.2, 0.25) is 0 Å². The van der Waals surface area contributed by atoms with Crippen LogP contribution in [0.4, 0.5) is 15.8 Å². The zero-order valence-electron chi connectivity index (χ0n) is 19.0. The van der Waals surface area contributed by atoms with Gasteiger partial charge >= 0.3 is 0 Å². The molecule has 4 atom stereocenters. The number of benzene rings is 2. The van der Waals surface area contributed by atoms with Crippen LogP contribution < -0.4 is 10.2 Å². The van der Waals surface area contributed by atoms with Gasteiger partial charge in [-0.15, -0.1) is 0 Å². The molecule has 1 saturated carbocycles. The van der Waals surface area contributed by atoms with Crippen LogP contribution in [-0.2, 0) is 0 Å². The molecule has 6 rings (SSSR count). The fourth-order valence-electron chi connectivity index (χ4n) is 6.12. The quantitative estimate of drug-likeness (QED) is 0.533. The van der Waals surface area contributed by atoms with Crippen molar-refractivity contribution in [1.29, 1.82) is 0 Å². The first-order valence-corrected chi connectivity index (χ1v) is 12.4. The summed E-state index contributed by atoms with van der Waals surface area (Å²) in [6, 6.07) is 19.7. The predicted molar refractivity (Wildman–Crippen MR) is 134 cm³/mol. The van der Waals surface area contributed by atoms with E-state index in [0.29, 0.717) is 30.0 Å². The lowest BCUT2D eigenvalue weighted by atomic mass is 9.73. The van der Waals surface area contributed by atoms with Gasteiger partial charge in [-0.2, -0.15) is 0 Å². The van der Waals surface area contributed by atoms with Crippen LogP contribution in [0.25, 0.3) is 0 Å². The summed E-state index contributed by atoms with van der Waals surface area (Å²) >= 11 is 0. The highest BCUT2D eigenvalue weighted by Crippen LogP contribution is 2.46. The molecular formula is C30H31FN2. The number of fused-ring (bicyclic) bond motifs is 2. The van der Waals surface area contributed by atoms with Gasteiger partial charge in [-0.3, -0.25) is 0 Å². The van der Waals surface area contributed by atoms with Crippen LogP contribution >= 0.6 is 0 Å². The minimum absolute atomic E-state index is 0.429. The van der Waals surface area contributed by atoms with Crippen LogP contribution in [0.5, 0.6) is 0 Å². The molecule has 4 aliphatic rings. The number of nitrogens with one attached hydrogen (secondary N) is 1. The molecule has 3 aliphatic carbocycles. The van der Waals surface area contributed by atoms with Gasteiger partial charge in [0, 0.05) is 35.5 Å². The van der Waals surface area contributed by atoms with Gasteiger partial charge in [0.15, 0.2) is 0 Å². The Bertz CT molecular complexity index is 1130. The molecule has 0 saturated heterocycles. The van der Waals surface area contributed by atoms with Crippen molar-refractivity contribution in [2.24, 2.45) is 5.92 Å². The van der Waals surface area contributed by atoms with Gasteiger partial charge in [0.25, 0.3) is 0 Å². The van der Waals surface area contributed by atoms with E-state index >= 15 is 0 Å². The second kappa shape index (κ2) is 8.70. The first-order chi connectivity index (χ1) is 16.3. The lowest BCUT2D eigenvalue weighted by Gasteiger charge is -2.34. The fraction of sp³-hybridized carbons (Fsp3) is 0.333. The highest BCUT2D eigenvalue weighted by atomic mass is 19.1. The predicted octanol–water partition coefficient (Wildman–Crippen LogP) is 7.47. The number of para-hydroxylation sites is 1. The van der Waals surface area contributed by atoms with Crippen molar-refractivity contribution >= 4 is 11.4 Å². The summed E-state index contributed by atoms with van der Waals surface area (Å²) in [5.41, 5.74) is 7.19. The molecule has 1 aliphatic heterocycles. The molecule has 2 nitrogen and oxygen atoms in total. The van der Waals surface area contributed by atoms with Crippen molar-refractivity contribution < 1.29 is 4.39 Å². The summed E-state index contributed by atoms with van der Waals surface area (Å²) in [6.45, 7) is 0. The molecule has 0 bridgehead atoms. The summed E-state index contributed by atoms with van der Waals surface area (Å²) in [4.78, 5) is 2.07. The molecular weight excluding hydrogens is 407 g/mol. The summed E-state index contributed by atoms with van der Waals surface area (Å²) in [7, 11) is 0. The van der Waals surface area contributed by atoms with Crippen molar-refractivity contribution in [3.63, 3.8) is 0 Å². The largest absolute Gasteiger partial charge is 0.385 e. The molecule has 3 heteroatoms. The van der Waals surface area contributed by atoms with Crippen molar-refractivity contribution in [2.45, 2.75) is 56.7 Å². The van der Waals surface area contributed by atoms with Crippen molar-refractivity contribution in [2.75, 3.05) is 4.90 Å². The minimum Gasteiger partial charge on any atom is -0.385 e. The summed E-state index contributed by atoms with van der Waals surface area (Å²) in [5.74, 6) is 1.22. The van der Waals surface area contributed by atoms with Crippen LogP contribution in [0.3, 0.4) is 0 Å². The topological polar surface area (TPSA) is 15.3 Å². The number of anilines is 2. The molecule has 0 aromatic heterocycles. The molecule has 168 valence electrons. The van der Waals surface area contributed by atoms with Gasteiger partial charge in [-0.05, 0) is 79.5 Å². The van der Waals surface area contributed by atoms with E-state index in [1.165, 1.54) is 43.4 Å². The Hall–Kier alpha value is -3.07. The highest BCUT2D eigenvalue weighted by molar-refractivity contribution is 5.69. The Kier molecular flexibility index (Phi) is 5.41. The maximum atomic E-state index is 14.9. The van der Waals surface area contributed by atoms with E-state index in [1.54, 1.807) is 5.57 Å². The van der Waals surface area contributed by atoms with Gasteiger partial charge in [0.1, 0.15) is 6.17 Å². The number of hydrogen-bond acceptors (Lipinski definition) is 2. The number of hydrogen-bond donors (Lipinski definition) is 1.